The van der Waals surface area contributed by atoms with E-state index < -0.39 is 10.0 Å². The molecule has 2 aromatic carbocycles. The molecular weight excluding hydrogens is 383 g/mol. The second-order valence-electron chi connectivity index (χ2n) is 5.56. The van der Waals surface area contributed by atoms with Crippen LogP contribution in [0.3, 0.4) is 0 Å². The van der Waals surface area contributed by atoms with Crippen molar-refractivity contribution in [3.63, 3.8) is 0 Å². The average Bonchev–Trinajstić information content (AvgIpc) is 2.54. The minimum absolute atomic E-state index is 0.0727. The molecule has 1 amide bonds. The minimum atomic E-state index is -3.52. The standard InChI is InChI=1S/C17H18Cl2N2O3S/c1-12(22)20-10-13-6-8-15(9-7-13)21(25(2,23)24)11-14-4-3-5-16(18)17(14)19/h3-9H,10-11H2,1-2H3,(H,20,22). The first-order chi connectivity index (χ1) is 11.7. The van der Waals surface area contributed by atoms with Gasteiger partial charge in [-0.3, -0.25) is 9.10 Å². The Morgan fingerprint density at radius 3 is 2.32 bits per heavy atom. The number of carbonyl (C=O) groups is 1. The Balaban J connectivity index is 2.29. The van der Waals surface area contributed by atoms with Gasteiger partial charge in [0.2, 0.25) is 15.9 Å². The molecule has 0 aromatic heterocycles. The number of benzene rings is 2. The van der Waals surface area contributed by atoms with E-state index in [2.05, 4.69) is 5.32 Å². The SMILES string of the molecule is CC(=O)NCc1ccc(N(Cc2cccc(Cl)c2Cl)S(C)(=O)=O)cc1. The van der Waals surface area contributed by atoms with E-state index in [9.17, 15) is 13.2 Å². The number of amides is 1. The number of halogens is 2. The summed E-state index contributed by atoms with van der Waals surface area (Å²) in [5.41, 5.74) is 1.99. The smallest absolute Gasteiger partial charge is 0.232 e. The molecule has 0 bridgehead atoms. The summed E-state index contributed by atoms with van der Waals surface area (Å²) in [7, 11) is -3.52. The Kier molecular flexibility index (Phi) is 6.32. The van der Waals surface area contributed by atoms with Gasteiger partial charge in [0.15, 0.2) is 0 Å². The highest BCUT2D eigenvalue weighted by Gasteiger charge is 2.19. The lowest BCUT2D eigenvalue weighted by molar-refractivity contribution is -0.119. The lowest BCUT2D eigenvalue weighted by Gasteiger charge is -2.23. The van der Waals surface area contributed by atoms with Gasteiger partial charge in [-0.15, -0.1) is 0 Å². The van der Waals surface area contributed by atoms with E-state index >= 15 is 0 Å². The molecule has 134 valence electrons. The molecule has 0 saturated heterocycles. The maximum Gasteiger partial charge on any atom is 0.232 e. The molecular formula is C17H18Cl2N2O3S. The summed E-state index contributed by atoms with van der Waals surface area (Å²) >= 11 is 12.2. The van der Waals surface area contributed by atoms with Gasteiger partial charge in [-0.05, 0) is 29.3 Å². The molecule has 2 rings (SSSR count). The third kappa shape index (κ3) is 5.36. The second-order valence-corrected chi connectivity index (χ2v) is 8.25. The Bertz CT molecular complexity index is 868. The van der Waals surface area contributed by atoms with Crippen LogP contribution in [0.5, 0.6) is 0 Å². The van der Waals surface area contributed by atoms with Gasteiger partial charge in [0.1, 0.15) is 0 Å². The number of rotatable bonds is 6. The van der Waals surface area contributed by atoms with Crippen LogP contribution in [0.4, 0.5) is 5.69 Å². The van der Waals surface area contributed by atoms with Crippen molar-refractivity contribution < 1.29 is 13.2 Å². The number of sulfonamides is 1. The Morgan fingerprint density at radius 2 is 1.76 bits per heavy atom. The van der Waals surface area contributed by atoms with Crippen molar-refractivity contribution in [3.8, 4) is 0 Å². The highest BCUT2D eigenvalue weighted by Crippen LogP contribution is 2.29. The van der Waals surface area contributed by atoms with Gasteiger partial charge in [-0.25, -0.2) is 8.42 Å². The third-order valence-corrected chi connectivity index (χ3v) is 5.51. The van der Waals surface area contributed by atoms with Crippen LogP contribution in [0.2, 0.25) is 10.0 Å². The summed E-state index contributed by atoms with van der Waals surface area (Å²) < 4.78 is 25.7. The van der Waals surface area contributed by atoms with Crippen LogP contribution in [0.15, 0.2) is 42.5 Å². The van der Waals surface area contributed by atoms with Crippen LogP contribution in [0, 0.1) is 0 Å². The molecule has 0 radical (unpaired) electrons. The number of nitrogens with one attached hydrogen (secondary N) is 1. The molecule has 5 nitrogen and oxygen atoms in total. The maximum absolute atomic E-state index is 12.2. The summed E-state index contributed by atoms with van der Waals surface area (Å²) in [6, 6.07) is 12.0. The first kappa shape index (κ1) is 19.6. The second kappa shape index (κ2) is 8.08. The molecule has 25 heavy (non-hydrogen) atoms. The molecule has 0 fully saturated rings. The van der Waals surface area contributed by atoms with Gasteiger partial charge < -0.3 is 5.32 Å². The van der Waals surface area contributed by atoms with Crippen LogP contribution >= 0.6 is 23.2 Å². The van der Waals surface area contributed by atoms with Crippen LogP contribution in [0.1, 0.15) is 18.1 Å². The van der Waals surface area contributed by atoms with E-state index in [1.54, 1.807) is 42.5 Å². The van der Waals surface area contributed by atoms with Crippen molar-refractivity contribution >= 4 is 44.8 Å². The summed E-state index contributed by atoms with van der Waals surface area (Å²) in [5, 5.41) is 3.40. The molecule has 0 unspecified atom stereocenters. The zero-order valence-electron chi connectivity index (χ0n) is 13.8. The molecule has 0 aliphatic rings. The largest absolute Gasteiger partial charge is 0.352 e. The van der Waals surface area contributed by atoms with Crippen LogP contribution in [-0.4, -0.2) is 20.6 Å². The van der Waals surface area contributed by atoms with Crippen molar-refractivity contribution in [2.75, 3.05) is 10.6 Å². The Labute approximate surface area is 157 Å². The van der Waals surface area contributed by atoms with Crippen LogP contribution in [0.25, 0.3) is 0 Å². The molecule has 1 N–H and O–H groups in total. The van der Waals surface area contributed by atoms with Crippen molar-refractivity contribution in [3.05, 3.63) is 63.6 Å². The predicted octanol–water partition coefficient (Wildman–Crippen LogP) is 3.60. The maximum atomic E-state index is 12.2. The van der Waals surface area contributed by atoms with Gasteiger partial charge in [0, 0.05) is 13.5 Å². The van der Waals surface area contributed by atoms with Crippen molar-refractivity contribution in [2.24, 2.45) is 0 Å². The normalized spacial score (nSPS) is 11.2. The van der Waals surface area contributed by atoms with E-state index in [0.29, 0.717) is 27.8 Å². The zero-order chi connectivity index (χ0) is 18.6. The van der Waals surface area contributed by atoms with Crippen LogP contribution < -0.4 is 9.62 Å². The monoisotopic (exact) mass is 400 g/mol. The number of anilines is 1. The zero-order valence-corrected chi connectivity index (χ0v) is 16.1. The lowest BCUT2D eigenvalue weighted by Crippen LogP contribution is -2.29. The molecule has 0 atom stereocenters. The fourth-order valence-corrected chi connectivity index (χ4v) is 3.49. The van der Waals surface area contributed by atoms with E-state index in [0.717, 1.165) is 11.8 Å². The topological polar surface area (TPSA) is 66.5 Å². The molecule has 0 aliphatic heterocycles. The number of hydrogen-bond acceptors (Lipinski definition) is 3. The van der Waals surface area contributed by atoms with E-state index in [4.69, 9.17) is 23.2 Å². The highest BCUT2D eigenvalue weighted by atomic mass is 35.5. The van der Waals surface area contributed by atoms with Crippen molar-refractivity contribution in [1.29, 1.82) is 0 Å². The first-order valence-corrected chi connectivity index (χ1v) is 10.0. The van der Waals surface area contributed by atoms with E-state index in [1.165, 1.54) is 11.2 Å². The summed E-state index contributed by atoms with van der Waals surface area (Å²) in [4.78, 5) is 11.0. The van der Waals surface area contributed by atoms with Gasteiger partial charge in [0.05, 0.1) is 28.5 Å². The molecule has 0 spiro atoms. The van der Waals surface area contributed by atoms with Gasteiger partial charge in [-0.2, -0.15) is 0 Å². The fraction of sp³-hybridized carbons (Fsp3) is 0.235. The van der Waals surface area contributed by atoms with Crippen LogP contribution in [-0.2, 0) is 27.9 Å². The summed E-state index contributed by atoms with van der Waals surface area (Å²) in [6.07, 6.45) is 1.14. The van der Waals surface area contributed by atoms with E-state index in [-0.39, 0.29) is 12.5 Å². The quantitative estimate of drug-likeness (QED) is 0.805. The Hall–Kier alpha value is -1.76. The number of nitrogens with zero attached hydrogens (tertiary/aromatic N) is 1. The molecule has 0 saturated carbocycles. The average molecular weight is 401 g/mol. The third-order valence-electron chi connectivity index (χ3n) is 3.51. The number of hydrogen-bond donors (Lipinski definition) is 1. The predicted molar refractivity (Wildman–Crippen MR) is 101 cm³/mol. The van der Waals surface area contributed by atoms with Gasteiger partial charge in [0.25, 0.3) is 0 Å². The highest BCUT2D eigenvalue weighted by molar-refractivity contribution is 7.92. The number of carbonyl (C=O) groups excluding carboxylic acids is 1. The van der Waals surface area contributed by atoms with Crippen molar-refractivity contribution in [1.82, 2.24) is 5.32 Å². The lowest BCUT2D eigenvalue weighted by atomic mass is 10.2. The first-order valence-electron chi connectivity index (χ1n) is 7.42. The summed E-state index contributed by atoms with van der Waals surface area (Å²) in [5.74, 6) is -0.127. The van der Waals surface area contributed by atoms with Gasteiger partial charge in [-0.1, -0.05) is 47.5 Å². The fourth-order valence-electron chi connectivity index (χ4n) is 2.23. The molecule has 8 heteroatoms. The Morgan fingerprint density at radius 1 is 1.12 bits per heavy atom. The summed E-state index contributed by atoms with van der Waals surface area (Å²) in [6.45, 7) is 1.90. The molecule has 0 heterocycles. The molecule has 2 aromatic rings. The van der Waals surface area contributed by atoms with E-state index in [1.807, 2.05) is 0 Å². The van der Waals surface area contributed by atoms with Gasteiger partial charge >= 0.3 is 0 Å². The molecule has 0 aliphatic carbocycles. The minimum Gasteiger partial charge on any atom is -0.352 e. The van der Waals surface area contributed by atoms with Crippen molar-refractivity contribution in [2.45, 2.75) is 20.0 Å².